The van der Waals surface area contributed by atoms with E-state index in [1.54, 1.807) is 17.8 Å². The van der Waals surface area contributed by atoms with Gasteiger partial charge in [0.05, 0.1) is 6.10 Å². The molecule has 2 N–H and O–H groups in total. The topological polar surface area (TPSA) is 66.8 Å². The van der Waals surface area contributed by atoms with E-state index >= 15 is 0 Å². The summed E-state index contributed by atoms with van der Waals surface area (Å²) in [4.78, 5) is 12.5. The van der Waals surface area contributed by atoms with Crippen molar-refractivity contribution in [3.05, 3.63) is 64.7 Å². The highest BCUT2D eigenvalue weighted by atomic mass is 32.2. The molecule has 28 heavy (non-hydrogen) atoms. The fourth-order valence-corrected chi connectivity index (χ4v) is 3.06. The molecule has 0 aliphatic carbocycles. The van der Waals surface area contributed by atoms with Crippen LogP contribution in [0.4, 0.5) is 0 Å². The van der Waals surface area contributed by atoms with E-state index in [4.69, 9.17) is 4.74 Å². The molecule has 0 bridgehead atoms. The molecule has 2 rings (SSSR count). The molecule has 0 saturated carbocycles. The second-order valence-corrected chi connectivity index (χ2v) is 7.86. The molecule has 0 saturated heterocycles. The summed E-state index contributed by atoms with van der Waals surface area (Å²) in [6, 6.07) is 11.6. The standard InChI is InChI=1S/C22H26O4S.H2S/c1-14-12-16(13-15(2)20(14)26-22(3,4)21(24)25)6-11-19(23)17-7-9-18(27-5)10-8-17;/h6-13,19,23H,1-5H3,(H,24,25);1H2. The molecule has 1 atom stereocenters. The maximum absolute atomic E-state index is 11.3. The summed E-state index contributed by atoms with van der Waals surface area (Å²) in [7, 11) is 0. The maximum Gasteiger partial charge on any atom is 0.347 e. The molecular formula is C22H28O4S2. The van der Waals surface area contributed by atoms with Crippen LogP contribution in [0.15, 0.2) is 47.4 Å². The van der Waals surface area contributed by atoms with Gasteiger partial charge in [0.2, 0.25) is 0 Å². The lowest BCUT2D eigenvalue weighted by Gasteiger charge is -2.24. The van der Waals surface area contributed by atoms with Crippen LogP contribution in [0.5, 0.6) is 5.75 Å². The number of carbonyl (C=O) groups is 1. The average Bonchev–Trinajstić information content (AvgIpc) is 2.62. The summed E-state index contributed by atoms with van der Waals surface area (Å²) >= 11 is 1.66. The van der Waals surface area contributed by atoms with Gasteiger partial charge in [-0.25, -0.2) is 4.79 Å². The Bertz CT molecular complexity index is 819. The largest absolute Gasteiger partial charge is 0.478 e. The lowest BCUT2D eigenvalue weighted by Crippen LogP contribution is -2.38. The van der Waals surface area contributed by atoms with Crippen molar-refractivity contribution in [1.82, 2.24) is 0 Å². The molecule has 0 radical (unpaired) electrons. The Hall–Kier alpha value is -1.89. The lowest BCUT2D eigenvalue weighted by atomic mass is 10.0. The third-order valence-corrected chi connectivity index (χ3v) is 5.03. The first-order chi connectivity index (χ1) is 12.6. The summed E-state index contributed by atoms with van der Waals surface area (Å²) < 4.78 is 5.72. The Morgan fingerprint density at radius 1 is 1.14 bits per heavy atom. The van der Waals surface area contributed by atoms with Gasteiger partial charge in [0, 0.05) is 4.90 Å². The minimum atomic E-state index is -1.30. The molecule has 1 unspecified atom stereocenters. The third kappa shape index (κ3) is 6.06. The van der Waals surface area contributed by atoms with Gasteiger partial charge in [0.1, 0.15) is 5.75 Å². The Morgan fingerprint density at radius 3 is 2.14 bits per heavy atom. The van der Waals surface area contributed by atoms with Crippen LogP contribution in [0, 0.1) is 13.8 Å². The number of hydrogen-bond acceptors (Lipinski definition) is 4. The van der Waals surface area contributed by atoms with E-state index in [2.05, 4.69) is 0 Å². The molecule has 0 aromatic heterocycles. The molecule has 4 nitrogen and oxygen atoms in total. The van der Waals surface area contributed by atoms with Gasteiger partial charge in [-0.1, -0.05) is 24.3 Å². The first kappa shape index (κ1) is 24.1. The van der Waals surface area contributed by atoms with Gasteiger partial charge in [0.25, 0.3) is 0 Å². The first-order valence-electron chi connectivity index (χ1n) is 8.68. The Balaban J connectivity index is 0.00000392. The summed E-state index contributed by atoms with van der Waals surface area (Å²) in [6.45, 7) is 6.83. The number of thioether (sulfide) groups is 1. The van der Waals surface area contributed by atoms with Crippen LogP contribution in [-0.2, 0) is 4.79 Å². The number of ether oxygens (including phenoxy) is 1. The zero-order valence-electron chi connectivity index (χ0n) is 16.8. The van der Waals surface area contributed by atoms with Crippen molar-refractivity contribution in [2.75, 3.05) is 6.26 Å². The Labute approximate surface area is 178 Å². The van der Waals surface area contributed by atoms with E-state index in [1.807, 2.05) is 62.6 Å². The number of benzene rings is 2. The predicted molar refractivity (Wildman–Crippen MR) is 121 cm³/mol. The highest BCUT2D eigenvalue weighted by Crippen LogP contribution is 2.29. The van der Waals surface area contributed by atoms with Crippen LogP contribution in [0.25, 0.3) is 6.08 Å². The summed E-state index contributed by atoms with van der Waals surface area (Å²) in [5.41, 5.74) is 2.16. The molecule has 0 spiro atoms. The van der Waals surface area contributed by atoms with E-state index in [1.165, 1.54) is 13.8 Å². The van der Waals surface area contributed by atoms with Gasteiger partial charge in [-0.15, -0.1) is 11.8 Å². The van der Waals surface area contributed by atoms with E-state index in [-0.39, 0.29) is 13.5 Å². The third-order valence-electron chi connectivity index (χ3n) is 4.28. The molecule has 0 heterocycles. The van der Waals surface area contributed by atoms with Gasteiger partial charge in [-0.2, -0.15) is 13.5 Å². The molecule has 2 aromatic carbocycles. The molecule has 2 aromatic rings. The number of rotatable bonds is 7. The smallest absolute Gasteiger partial charge is 0.347 e. The number of aryl methyl sites for hydroxylation is 2. The molecule has 6 heteroatoms. The number of aliphatic carboxylic acids is 1. The van der Waals surface area contributed by atoms with Crippen molar-refractivity contribution < 1.29 is 19.7 Å². The van der Waals surface area contributed by atoms with E-state index < -0.39 is 17.7 Å². The van der Waals surface area contributed by atoms with Crippen molar-refractivity contribution >= 4 is 37.3 Å². The number of aliphatic hydroxyl groups is 1. The number of hydrogen-bond donors (Lipinski definition) is 2. The van der Waals surface area contributed by atoms with Gasteiger partial charge in [0.15, 0.2) is 5.60 Å². The highest BCUT2D eigenvalue weighted by molar-refractivity contribution is 7.98. The van der Waals surface area contributed by atoms with Crippen LogP contribution >= 0.6 is 25.3 Å². The van der Waals surface area contributed by atoms with E-state index in [9.17, 15) is 15.0 Å². The Morgan fingerprint density at radius 2 is 1.68 bits per heavy atom. The van der Waals surface area contributed by atoms with Crippen LogP contribution in [0.2, 0.25) is 0 Å². The summed E-state index contributed by atoms with van der Waals surface area (Å²) in [6.07, 6.45) is 4.92. The fraction of sp³-hybridized carbons (Fsp3) is 0.318. The fourth-order valence-electron chi connectivity index (χ4n) is 2.65. The minimum Gasteiger partial charge on any atom is -0.478 e. The van der Waals surface area contributed by atoms with Gasteiger partial charge >= 0.3 is 5.97 Å². The molecule has 0 aliphatic heterocycles. The SMILES string of the molecule is CSc1ccc(C(O)C=Cc2cc(C)c(OC(C)(C)C(=O)O)c(C)c2)cc1.S. The number of carboxylic acid groups (broad SMARTS) is 1. The summed E-state index contributed by atoms with van der Waals surface area (Å²) in [5, 5.41) is 19.6. The molecule has 152 valence electrons. The van der Waals surface area contributed by atoms with Crippen molar-refractivity contribution in [1.29, 1.82) is 0 Å². The zero-order chi connectivity index (χ0) is 20.2. The lowest BCUT2D eigenvalue weighted by molar-refractivity contribution is -0.152. The molecular weight excluding hydrogens is 392 g/mol. The Kier molecular flexibility index (Phi) is 8.67. The van der Waals surface area contributed by atoms with Gasteiger partial charge < -0.3 is 14.9 Å². The number of carboxylic acids is 1. The monoisotopic (exact) mass is 420 g/mol. The number of aliphatic hydroxyl groups excluding tert-OH is 1. The molecule has 0 amide bonds. The molecule has 0 aliphatic rings. The van der Waals surface area contributed by atoms with Gasteiger partial charge in [-0.05, 0) is 80.5 Å². The maximum atomic E-state index is 11.3. The van der Waals surface area contributed by atoms with Crippen molar-refractivity contribution in [3.8, 4) is 5.75 Å². The zero-order valence-corrected chi connectivity index (χ0v) is 18.6. The van der Waals surface area contributed by atoms with Crippen molar-refractivity contribution in [2.24, 2.45) is 0 Å². The summed E-state index contributed by atoms with van der Waals surface area (Å²) in [5.74, 6) is -0.436. The van der Waals surface area contributed by atoms with Crippen molar-refractivity contribution in [3.63, 3.8) is 0 Å². The molecule has 0 fully saturated rings. The predicted octanol–water partition coefficient (Wildman–Crippen LogP) is 5.13. The van der Waals surface area contributed by atoms with E-state index in [0.717, 1.165) is 27.1 Å². The van der Waals surface area contributed by atoms with Crippen LogP contribution in [0.1, 0.15) is 42.2 Å². The van der Waals surface area contributed by atoms with Crippen LogP contribution < -0.4 is 4.74 Å². The second-order valence-electron chi connectivity index (χ2n) is 6.98. The average molecular weight is 421 g/mol. The first-order valence-corrected chi connectivity index (χ1v) is 9.90. The van der Waals surface area contributed by atoms with Crippen molar-refractivity contribution in [2.45, 2.75) is 44.3 Å². The van der Waals surface area contributed by atoms with Crippen LogP contribution in [0.3, 0.4) is 0 Å². The normalized spacial score (nSPS) is 12.5. The van der Waals surface area contributed by atoms with E-state index in [0.29, 0.717) is 5.75 Å². The highest BCUT2D eigenvalue weighted by Gasteiger charge is 2.30. The quantitative estimate of drug-likeness (QED) is 0.608. The van der Waals surface area contributed by atoms with Crippen LogP contribution in [-0.4, -0.2) is 28.0 Å². The second kappa shape index (κ2) is 10.0. The van der Waals surface area contributed by atoms with Gasteiger partial charge in [-0.3, -0.25) is 0 Å². The minimum absolute atomic E-state index is 0.